The van der Waals surface area contributed by atoms with Gasteiger partial charge in [-0.25, -0.2) is 4.39 Å². The Morgan fingerprint density at radius 1 is 1.06 bits per heavy atom. The van der Waals surface area contributed by atoms with Crippen LogP contribution in [0.25, 0.3) is 0 Å². The number of hydrogen-bond donors (Lipinski definition) is 1. The first-order valence-electron chi connectivity index (χ1n) is 5.84. The highest BCUT2D eigenvalue weighted by Crippen LogP contribution is 2.19. The number of benzene rings is 2. The summed E-state index contributed by atoms with van der Waals surface area (Å²) in [5.41, 5.74) is 2.52. The van der Waals surface area contributed by atoms with Crippen LogP contribution in [0.4, 0.5) is 10.1 Å². The van der Waals surface area contributed by atoms with Gasteiger partial charge in [0.15, 0.2) is 0 Å². The van der Waals surface area contributed by atoms with Gasteiger partial charge in [-0.05, 0) is 29.3 Å². The molecule has 0 saturated heterocycles. The van der Waals surface area contributed by atoms with Gasteiger partial charge in [-0.2, -0.15) is 0 Å². The number of anilines is 1. The number of nitrogens with zero attached hydrogens (tertiary/aromatic N) is 1. The molecular weight excluding hydrogens is 229 g/mol. The molecule has 0 atom stereocenters. The fourth-order valence-electron chi connectivity index (χ4n) is 1.89. The predicted octanol–water partition coefficient (Wildman–Crippen LogP) is 2.95. The Morgan fingerprint density at radius 3 is 2.44 bits per heavy atom. The van der Waals surface area contributed by atoms with Gasteiger partial charge in [0.05, 0.1) is 6.61 Å². The van der Waals surface area contributed by atoms with Crippen molar-refractivity contribution in [1.82, 2.24) is 0 Å². The van der Waals surface area contributed by atoms with E-state index < -0.39 is 0 Å². The number of halogens is 1. The molecule has 0 radical (unpaired) electrons. The van der Waals surface area contributed by atoms with Crippen molar-refractivity contribution >= 4 is 5.69 Å². The van der Waals surface area contributed by atoms with Crippen LogP contribution in [0.2, 0.25) is 0 Å². The molecule has 0 bridgehead atoms. The van der Waals surface area contributed by atoms with Crippen LogP contribution < -0.4 is 4.90 Å². The molecule has 2 nitrogen and oxygen atoms in total. The zero-order chi connectivity index (χ0) is 13.0. The SMILES string of the molecule is CN(Cc1ccccc1)c1cc(F)cc(CO)c1. The van der Waals surface area contributed by atoms with Gasteiger partial charge in [0, 0.05) is 19.3 Å². The van der Waals surface area contributed by atoms with Gasteiger partial charge >= 0.3 is 0 Å². The average Bonchev–Trinajstić information content (AvgIpc) is 2.39. The van der Waals surface area contributed by atoms with Gasteiger partial charge in [-0.3, -0.25) is 0 Å². The average molecular weight is 245 g/mol. The molecule has 0 amide bonds. The van der Waals surface area contributed by atoms with Crippen LogP contribution in [0.3, 0.4) is 0 Å². The van der Waals surface area contributed by atoms with E-state index in [1.54, 1.807) is 6.07 Å². The molecule has 0 saturated carbocycles. The molecule has 3 heteroatoms. The quantitative estimate of drug-likeness (QED) is 0.895. The second-order valence-corrected chi connectivity index (χ2v) is 4.32. The lowest BCUT2D eigenvalue weighted by Crippen LogP contribution is -2.16. The third-order valence-corrected chi connectivity index (χ3v) is 2.83. The summed E-state index contributed by atoms with van der Waals surface area (Å²) in [6, 6.07) is 14.6. The van der Waals surface area contributed by atoms with Crippen molar-refractivity contribution in [1.29, 1.82) is 0 Å². The number of rotatable bonds is 4. The van der Waals surface area contributed by atoms with Crippen LogP contribution in [0.5, 0.6) is 0 Å². The van der Waals surface area contributed by atoms with Crippen molar-refractivity contribution in [2.45, 2.75) is 13.2 Å². The maximum Gasteiger partial charge on any atom is 0.125 e. The maximum atomic E-state index is 13.4. The second-order valence-electron chi connectivity index (χ2n) is 4.32. The van der Waals surface area contributed by atoms with Crippen molar-refractivity contribution < 1.29 is 9.50 Å². The van der Waals surface area contributed by atoms with E-state index in [4.69, 9.17) is 5.11 Å². The molecule has 0 heterocycles. The molecule has 0 aromatic heterocycles. The summed E-state index contributed by atoms with van der Waals surface area (Å²) in [7, 11) is 1.91. The van der Waals surface area contributed by atoms with Crippen LogP contribution in [-0.2, 0) is 13.2 Å². The molecular formula is C15H16FNO. The Labute approximate surface area is 106 Å². The lowest BCUT2D eigenvalue weighted by Gasteiger charge is -2.20. The summed E-state index contributed by atoms with van der Waals surface area (Å²) >= 11 is 0. The van der Waals surface area contributed by atoms with E-state index in [1.807, 2.05) is 42.3 Å². The lowest BCUT2D eigenvalue weighted by molar-refractivity contribution is 0.281. The normalized spacial score (nSPS) is 10.4. The standard InChI is InChI=1S/C15H16FNO/c1-17(10-12-5-3-2-4-6-12)15-8-13(11-18)7-14(16)9-15/h2-9,18H,10-11H2,1H3. The van der Waals surface area contributed by atoms with Gasteiger partial charge in [0.25, 0.3) is 0 Å². The molecule has 0 aliphatic carbocycles. The number of aliphatic hydroxyl groups is 1. The molecule has 18 heavy (non-hydrogen) atoms. The molecule has 0 aliphatic heterocycles. The van der Waals surface area contributed by atoms with Crippen molar-refractivity contribution in [2.24, 2.45) is 0 Å². The first-order valence-corrected chi connectivity index (χ1v) is 5.84. The molecule has 2 aromatic rings. The lowest BCUT2D eigenvalue weighted by atomic mass is 10.1. The smallest absolute Gasteiger partial charge is 0.125 e. The van der Waals surface area contributed by atoms with E-state index in [1.165, 1.54) is 12.1 Å². The van der Waals surface area contributed by atoms with E-state index in [2.05, 4.69) is 0 Å². The van der Waals surface area contributed by atoms with E-state index in [9.17, 15) is 4.39 Å². The fourth-order valence-corrected chi connectivity index (χ4v) is 1.89. The van der Waals surface area contributed by atoms with E-state index >= 15 is 0 Å². The highest BCUT2D eigenvalue weighted by molar-refractivity contribution is 5.48. The highest BCUT2D eigenvalue weighted by Gasteiger charge is 2.05. The van der Waals surface area contributed by atoms with E-state index in [-0.39, 0.29) is 12.4 Å². The molecule has 0 fully saturated rings. The van der Waals surface area contributed by atoms with Gasteiger partial charge in [0.2, 0.25) is 0 Å². The second kappa shape index (κ2) is 5.65. The molecule has 2 aromatic carbocycles. The Hall–Kier alpha value is -1.87. The third kappa shape index (κ3) is 3.08. The topological polar surface area (TPSA) is 23.5 Å². The Balaban J connectivity index is 2.18. The van der Waals surface area contributed by atoms with E-state index in [0.29, 0.717) is 12.1 Å². The summed E-state index contributed by atoms with van der Waals surface area (Å²) in [6.45, 7) is 0.555. The predicted molar refractivity (Wildman–Crippen MR) is 70.9 cm³/mol. The third-order valence-electron chi connectivity index (χ3n) is 2.83. The van der Waals surface area contributed by atoms with Crippen LogP contribution in [0.1, 0.15) is 11.1 Å². The van der Waals surface area contributed by atoms with E-state index in [0.717, 1.165) is 11.3 Å². The zero-order valence-electron chi connectivity index (χ0n) is 10.3. The minimum atomic E-state index is -0.323. The van der Waals surface area contributed by atoms with Gasteiger partial charge in [-0.15, -0.1) is 0 Å². The monoisotopic (exact) mass is 245 g/mol. The zero-order valence-corrected chi connectivity index (χ0v) is 10.3. The number of aliphatic hydroxyl groups excluding tert-OH is 1. The van der Waals surface area contributed by atoms with Crippen molar-refractivity contribution in [3.05, 3.63) is 65.5 Å². The van der Waals surface area contributed by atoms with Gasteiger partial charge in [-0.1, -0.05) is 30.3 Å². The molecule has 1 N–H and O–H groups in total. The Bertz CT molecular complexity index is 513. The van der Waals surface area contributed by atoms with Crippen LogP contribution in [-0.4, -0.2) is 12.2 Å². The van der Waals surface area contributed by atoms with Crippen molar-refractivity contribution in [3.63, 3.8) is 0 Å². The highest BCUT2D eigenvalue weighted by atomic mass is 19.1. The van der Waals surface area contributed by atoms with Gasteiger partial charge < -0.3 is 10.0 Å². The Morgan fingerprint density at radius 2 is 1.78 bits per heavy atom. The minimum absolute atomic E-state index is 0.149. The van der Waals surface area contributed by atoms with Crippen molar-refractivity contribution in [2.75, 3.05) is 11.9 Å². The molecule has 94 valence electrons. The minimum Gasteiger partial charge on any atom is -0.392 e. The van der Waals surface area contributed by atoms with Crippen LogP contribution in [0, 0.1) is 5.82 Å². The molecule has 0 aliphatic rings. The summed E-state index contributed by atoms with van der Waals surface area (Å²) in [5, 5.41) is 9.07. The largest absolute Gasteiger partial charge is 0.392 e. The van der Waals surface area contributed by atoms with Gasteiger partial charge in [0.1, 0.15) is 5.82 Å². The summed E-state index contributed by atoms with van der Waals surface area (Å²) < 4.78 is 13.4. The summed E-state index contributed by atoms with van der Waals surface area (Å²) in [6.07, 6.45) is 0. The molecule has 2 rings (SSSR count). The first-order chi connectivity index (χ1) is 8.69. The van der Waals surface area contributed by atoms with Crippen molar-refractivity contribution in [3.8, 4) is 0 Å². The molecule has 0 spiro atoms. The Kier molecular flexibility index (Phi) is 3.95. The van der Waals surface area contributed by atoms with Crippen LogP contribution >= 0.6 is 0 Å². The summed E-state index contributed by atoms with van der Waals surface area (Å²) in [5.74, 6) is -0.323. The number of hydrogen-bond acceptors (Lipinski definition) is 2. The maximum absolute atomic E-state index is 13.4. The summed E-state index contributed by atoms with van der Waals surface area (Å²) in [4.78, 5) is 1.96. The first kappa shape index (κ1) is 12.6. The van der Waals surface area contributed by atoms with Crippen LogP contribution in [0.15, 0.2) is 48.5 Å². The fraction of sp³-hybridized carbons (Fsp3) is 0.200. The molecule has 0 unspecified atom stereocenters.